The Balaban J connectivity index is 4.06. The average molecular weight is 98.1 g/mol. The van der Waals surface area contributed by atoms with Gasteiger partial charge in [-0.3, -0.25) is 0 Å². The fourth-order valence-corrected chi connectivity index (χ4v) is 0. The molecular formula is HFNO2S-. The van der Waals surface area contributed by atoms with Crippen LogP contribution < -0.4 is 0 Å². The van der Waals surface area contributed by atoms with E-state index < -0.39 is 10.4 Å². The van der Waals surface area contributed by atoms with Crippen molar-refractivity contribution in [3.63, 3.8) is 0 Å². The number of rotatable bonds is 0. The van der Waals surface area contributed by atoms with Gasteiger partial charge < -0.3 is 5.14 Å². The van der Waals surface area contributed by atoms with Crippen LogP contribution in [0.25, 0.3) is 5.14 Å². The molecule has 0 amide bonds. The average Bonchev–Trinajstić information content (AvgIpc) is 0.722. The van der Waals surface area contributed by atoms with Gasteiger partial charge in [0, 0.05) is 0 Å². The molecule has 0 aromatic heterocycles. The highest BCUT2D eigenvalue weighted by Gasteiger charge is 1.73. The van der Waals surface area contributed by atoms with Crippen molar-refractivity contribution < 1.29 is 12.3 Å². The number of hydrogen-bond donors (Lipinski definition) is 0. The molecule has 0 atom stereocenters. The number of hydrogen-bond acceptors (Lipinski definition) is 2. The largest absolute Gasteiger partial charge is 0.536 e. The molecule has 0 spiro atoms. The molecule has 0 aliphatic rings. The van der Waals surface area contributed by atoms with Gasteiger partial charge in [0.25, 0.3) is 0 Å². The van der Waals surface area contributed by atoms with E-state index in [1.165, 1.54) is 0 Å². The molecule has 0 radical (unpaired) electrons. The summed E-state index contributed by atoms with van der Waals surface area (Å²) in [5.74, 6) is 0. The lowest BCUT2D eigenvalue weighted by Gasteiger charge is -1.80. The summed E-state index contributed by atoms with van der Waals surface area (Å²) in [6.07, 6.45) is 0. The van der Waals surface area contributed by atoms with E-state index in [2.05, 4.69) is 0 Å². The Morgan fingerprint density at radius 2 is 1.60 bits per heavy atom. The maximum atomic E-state index is 10.3. The minimum absolute atomic E-state index is 4.92. The molecular weight excluding hydrogens is 97.1 g/mol. The molecule has 1 N–H and O–H groups in total. The van der Waals surface area contributed by atoms with Crippen LogP contribution in [0.1, 0.15) is 0 Å². The molecule has 0 aliphatic heterocycles. The van der Waals surface area contributed by atoms with Crippen molar-refractivity contribution in [3.8, 4) is 0 Å². The lowest BCUT2D eigenvalue weighted by atomic mass is 13.9. The first kappa shape index (κ1) is 4.84. The fraction of sp³-hybridized carbons (Fsp3) is 0. The van der Waals surface area contributed by atoms with Gasteiger partial charge in [-0.05, 0) is 0 Å². The molecule has 0 bridgehead atoms. The van der Waals surface area contributed by atoms with Crippen LogP contribution in [0.5, 0.6) is 0 Å². The zero-order valence-electron chi connectivity index (χ0n) is 2.10. The molecule has 3 nitrogen and oxygen atoms in total. The zero-order chi connectivity index (χ0) is 4.50. The molecule has 32 valence electrons. The fourth-order valence-electron chi connectivity index (χ4n) is 0. The van der Waals surface area contributed by atoms with Gasteiger partial charge in [0.15, 0.2) is 0 Å². The highest BCUT2D eigenvalue weighted by atomic mass is 32.3. The summed E-state index contributed by atoms with van der Waals surface area (Å²) in [6, 6.07) is 0. The first-order valence-corrected chi connectivity index (χ1v) is 2.08. The third-order valence-electron chi connectivity index (χ3n) is 0. The summed E-state index contributed by atoms with van der Waals surface area (Å²) in [6.45, 7) is 0. The van der Waals surface area contributed by atoms with Crippen LogP contribution in [0.2, 0.25) is 0 Å². The van der Waals surface area contributed by atoms with E-state index in [4.69, 9.17) is 13.6 Å². The minimum Gasteiger partial charge on any atom is -0.536 e. The third-order valence-corrected chi connectivity index (χ3v) is 0. The van der Waals surface area contributed by atoms with E-state index in [9.17, 15) is 3.89 Å². The zero-order valence-corrected chi connectivity index (χ0v) is 2.92. The van der Waals surface area contributed by atoms with Gasteiger partial charge in [-0.25, -0.2) is 8.42 Å². The molecule has 5 heavy (non-hydrogen) atoms. The van der Waals surface area contributed by atoms with E-state index >= 15 is 0 Å². The normalized spacial score (nSPS) is 11.6. The van der Waals surface area contributed by atoms with Crippen molar-refractivity contribution in [1.82, 2.24) is 0 Å². The Hall–Kier alpha value is -0.160. The predicted octanol–water partition coefficient (Wildman–Crippen LogP) is 0.253. The summed E-state index contributed by atoms with van der Waals surface area (Å²) in [5, 5.41) is 5.24. The Kier molecular flexibility index (Phi) is 0.879. The van der Waals surface area contributed by atoms with Gasteiger partial charge >= 0.3 is 0 Å². The van der Waals surface area contributed by atoms with Gasteiger partial charge in [-0.2, -0.15) is 0 Å². The standard InChI is InChI=1S/FHNO2S/c1-5(2,3)4/h(H-,2,3,4)/q-1. The van der Waals surface area contributed by atoms with Crippen LogP contribution in [0.15, 0.2) is 0 Å². The van der Waals surface area contributed by atoms with Gasteiger partial charge in [-0.1, -0.05) is 0 Å². The summed E-state index contributed by atoms with van der Waals surface area (Å²) in [4.78, 5) is 0. The number of nitrogens with one attached hydrogen (secondary N) is 1. The van der Waals surface area contributed by atoms with Crippen LogP contribution in [-0.4, -0.2) is 8.42 Å². The SMILES string of the molecule is [NH-]S(=O)(=O)F. The monoisotopic (exact) mass is 98.0 g/mol. The highest BCUT2D eigenvalue weighted by Crippen LogP contribution is 1.83. The van der Waals surface area contributed by atoms with Gasteiger partial charge in [-0.15, -0.1) is 3.89 Å². The summed E-state index contributed by atoms with van der Waals surface area (Å²) in [7, 11) is -4.92. The first-order valence-electron chi connectivity index (χ1n) is 0.692. The van der Waals surface area contributed by atoms with Gasteiger partial charge in [0.1, 0.15) is 0 Å². The third kappa shape index (κ3) is 508. The van der Waals surface area contributed by atoms with Gasteiger partial charge in [0.05, 0.1) is 0 Å². The van der Waals surface area contributed by atoms with Crippen molar-refractivity contribution in [1.29, 1.82) is 0 Å². The van der Waals surface area contributed by atoms with Crippen LogP contribution >= 0.6 is 0 Å². The van der Waals surface area contributed by atoms with E-state index in [-0.39, 0.29) is 0 Å². The van der Waals surface area contributed by atoms with Crippen molar-refractivity contribution in [2.45, 2.75) is 0 Å². The summed E-state index contributed by atoms with van der Waals surface area (Å²) < 4.78 is 27.6. The molecule has 0 aliphatic carbocycles. The Morgan fingerprint density at radius 3 is 1.60 bits per heavy atom. The van der Waals surface area contributed by atoms with Crippen molar-refractivity contribution in [2.75, 3.05) is 0 Å². The smallest absolute Gasteiger partial charge is 0.226 e. The Morgan fingerprint density at radius 1 is 1.60 bits per heavy atom. The topological polar surface area (TPSA) is 57.9 Å². The van der Waals surface area contributed by atoms with Crippen LogP contribution in [0.3, 0.4) is 0 Å². The molecule has 0 aromatic carbocycles. The predicted molar refractivity (Wildman–Crippen MR) is 14.3 cm³/mol. The van der Waals surface area contributed by atoms with Crippen LogP contribution in [-0.2, 0) is 10.4 Å². The lowest BCUT2D eigenvalue weighted by Crippen LogP contribution is -1.70. The van der Waals surface area contributed by atoms with Crippen molar-refractivity contribution in [2.24, 2.45) is 0 Å². The molecule has 0 saturated carbocycles. The lowest BCUT2D eigenvalue weighted by molar-refractivity contribution is 0.563. The summed E-state index contributed by atoms with van der Waals surface area (Å²) in [5.41, 5.74) is 0. The minimum atomic E-state index is -4.92. The second kappa shape index (κ2) is 0.908. The van der Waals surface area contributed by atoms with E-state index in [0.717, 1.165) is 0 Å². The maximum absolute atomic E-state index is 10.3. The highest BCUT2D eigenvalue weighted by molar-refractivity contribution is 7.88. The van der Waals surface area contributed by atoms with Gasteiger partial charge in [0.2, 0.25) is 10.4 Å². The van der Waals surface area contributed by atoms with E-state index in [1.54, 1.807) is 0 Å². The molecule has 0 fully saturated rings. The second-order valence-corrected chi connectivity index (χ2v) is 1.31. The first-order chi connectivity index (χ1) is 2.00. The van der Waals surface area contributed by atoms with Crippen LogP contribution in [0, 0.1) is 0 Å². The second-order valence-electron chi connectivity index (χ2n) is 0.438. The molecule has 0 saturated heterocycles. The molecule has 0 heterocycles. The quantitative estimate of drug-likeness (QED) is 0.408. The Bertz CT molecular complexity index is 92.8. The maximum Gasteiger partial charge on any atom is 0.226 e. The summed E-state index contributed by atoms with van der Waals surface area (Å²) >= 11 is 0. The molecule has 5 heteroatoms. The number of halogens is 1. The van der Waals surface area contributed by atoms with Crippen molar-refractivity contribution in [3.05, 3.63) is 5.14 Å². The van der Waals surface area contributed by atoms with E-state index in [1.807, 2.05) is 0 Å². The van der Waals surface area contributed by atoms with Crippen molar-refractivity contribution >= 4 is 10.4 Å². The molecule has 0 unspecified atom stereocenters. The Labute approximate surface area is 28.9 Å². The van der Waals surface area contributed by atoms with E-state index in [0.29, 0.717) is 0 Å². The molecule has 0 aromatic rings. The molecule has 0 rings (SSSR count). The van der Waals surface area contributed by atoms with Crippen LogP contribution in [0.4, 0.5) is 3.89 Å².